The predicted molar refractivity (Wildman–Crippen MR) is 205 cm³/mol. The highest BCUT2D eigenvalue weighted by Crippen LogP contribution is 2.55. The zero-order chi connectivity index (χ0) is 39.0. The van der Waals surface area contributed by atoms with Crippen molar-refractivity contribution < 1.29 is 28.7 Å². The molecule has 13 heteroatoms. The lowest BCUT2D eigenvalue weighted by molar-refractivity contribution is -0.164. The Kier molecular flexibility index (Phi) is 8.91. The minimum Gasteiger partial charge on any atom is -0.489 e. The number of fused-ring (bicyclic) bond motifs is 1. The fraction of sp³-hybridized carbons (Fsp3) is 0.429. The Morgan fingerprint density at radius 2 is 1.49 bits per heavy atom. The largest absolute Gasteiger partial charge is 0.489 e. The van der Waals surface area contributed by atoms with Gasteiger partial charge in [0.25, 0.3) is 17.7 Å². The lowest BCUT2D eigenvalue weighted by atomic mass is 9.49. The van der Waals surface area contributed by atoms with E-state index in [-0.39, 0.29) is 47.3 Å². The summed E-state index contributed by atoms with van der Waals surface area (Å²) in [6.45, 7) is 12.0. The Morgan fingerprint density at radius 3 is 2.11 bits per heavy atom. The van der Waals surface area contributed by atoms with E-state index < -0.39 is 29.7 Å². The van der Waals surface area contributed by atoms with Gasteiger partial charge < -0.3 is 19.9 Å². The average Bonchev–Trinajstić information content (AvgIpc) is 3.36. The van der Waals surface area contributed by atoms with Gasteiger partial charge in [-0.05, 0) is 79.3 Å². The van der Waals surface area contributed by atoms with E-state index in [1.54, 1.807) is 30.3 Å². The molecule has 1 aliphatic carbocycles. The number of carbonyl (C=O) groups excluding carboxylic acids is 5. The van der Waals surface area contributed by atoms with Gasteiger partial charge in [0.1, 0.15) is 24.0 Å². The van der Waals surface area contributed by atoms with Gasteiger partial charge in [-0.2, -0.15) is 5.26 Å². The topological polar surface area (TPSA) is 152 Å². The second-order valence-electron chi connectivity index (χ2n) is 16.8. The van der Waals surface area contributed by atoms with Crippen LogP contribution in [-0.2, 0) is 9.59 Å². The fourth-order valence-electron chi connectivity index (χ4n) is 9.62. The summed E-state index contributed by atoms with van der Waals surface area (Å²) in [6, 6.07) is 19.1. The molecular formula is C42H43ClN6O6. The Labute approximate surface area is 324 Å². The number of hydrogen-bond acceptors (Lipinski definition) is 9. The van der Waals surface area contributed by atoms with E-state index in [9.17, 15) is 29.2 Å². The lowest BCUT2D eigenvalue weighted by Crippen LogP contribution is -2.74. The van der Waals surface area contributed by atoms with Gasteiger partial charge in [0, 0.05) is 72.5 Å². The third kappa shape index (κ3) is 6.28. The fourth-order valence-corrected chi connectivity index (χ4v) is 9.83. The molecule has 1 saturated carbocycles. The molecule has 3 aromatic carbocycles. The maximum atomic E-state index is 13.4. The molecule has 5 amide bonds. The molecule has 4 aliphatic heterocycles. The summed E-state index contributed by atoms with van der Waals surface area (Å²) in [7, 11) is 0. The number of ether oxygens (including phenoxy) is 1. The van der Waals surface area contributed by atoms with Gasteiger partial charge in [-0.25, -0.2) is 0 Å². The molecule has 0 radical (unpaired) electrons. The van der Waals surface area contributed by atoms with Gasteiger partial charge in [0.05, 0.1) is 21.7 Å². The van der Waals surface area contributed by atoms with Gasteiger partial charge in [-0.1, -0.05) is 39.3 Å². The van der Waals surface area contributed by atoms with Crippen LogP contribution in [0.15, 0.2) is 60.7 Å². The zero-order valence-electron chi connectivity index (χ0n) is 31.2. The summed E-state index contributed by atoms with van der Waals surface area (Å²) in [5, 5.41) is 15.0. The molecule has 2 N–H and O–H groups in total. The van der Waals surface area contributed by atoms with Crippen LogP contribution in [0.25, 0.3) is 0 Å². The van der Waals surface area contributed by atoms with Crippen molar-refractivity contribution in [2.24, 2.45) is 22.7 Å². The van der Waals surface area contributed by atoms with Crippen LogP contribution < -0.4 is 25.2 Å². The summed E-state index contributed by atoms with van der Waals surface area (Å²) in [5.41, 5.74) is 2.85. The third-order valence-electron chi connectivity index (χ3n) is 12.3. The van der Waals surface area contributed by atoms with E-state index in [1.807, 2.05) is 30.3 Å². The number of halogens is 1. The van der Waals surface area contributed by atoms with Crippen molar-refractivity contribution in [3.8, 4) is 11.8 Å². The molecule has 8 rings (SSSR count). The summed E-state index contributed by atoms with van der Waals surface area (Å²) >= 11 is 6.24. The zero-order valence-corrected chi connectivity index (χ0v) is 32.0. The van der Waals surface area contributed by atoms with Crippen molar-refractivity contribution in [2.45, 2.75) is 65.1 Å². The standard InChI is InChI=1S/C42H43ClN6O6/c1-41(2)39(42(3,4)40(41)55-29-11-7-26(18-44)32(43)17-29)46-35(51)25-5-8-27(9-6-25)47-19-23(20-47)15-24-21-48(22-24)28-10-12-30-31(16-28)38(54)49(37(30)53)33-13-14-34(50)45-36(33)52/h5-12,16-17,23-24,33,39-40H,13-15,19-22H2,1-4H3,(H,46,51)(H,45,50,52). The van der Waals surface area contributed by atoms with Gasteiger partial charge in [0.15, 0.2) is 0 Å². The molecule has 0 bridgehead atoms. The number of imide groups is 2. The van der Waals surface area contributed by atoms with Crippen LogP contribution in [0.3, 0.4) is 0 Å². The number of nitriles is 1. The van der Waals surface area contributed by atoms with E-state index in [0.29, 0.717) is 39.3 Å². The number of anilines is 2. The minimum absolute atomic E-state index is 0.0885. The highest BCUT2D eigenvalue weighted by Gasteiger charge is 2.64. The smallest absolute Gasteiger partial charge is 0.262 e. The van der Waals surface area contributed by atoms with E-state index in [1.165, 1.54) is 0 Å². The summed E-state index contributed by atoms with van der Waals surface area (Å²) in [5.74, 6) is -0.439. The maximum Gasteiger partial charge on any atom is 0.262 e. The molecule has 5 aliphatic rings. The van der Waals surface area contributed by atoms with Crippen LogP contribution >= 0.6 is 11.6 Å². The van der Waals surface area contributed by atoms with Crippen molar-refractivity contribution in [3.05, 3.63) is 87.9 Å². The maximum absolute atomic E-state index is 13.4. The second-order valence-corrected chi connectivity index (χ2v) is 17.2. The molecular weight excluding hydrogens is 720 g/mol. The molecule has 0 spiro atoms. The number of nitrogens with one attached hydrogen (secondary N) is 2. The molecule has 0 aromatic heterocycles. The first kappa shape index (κ1) is 36.6. The van der Waals surface area contributed by atoms with E-state index >= 15 is 0 Å². The van der Waals surface area contributed by atoms with E-state index in [4.69, 9.17) is 16.3 Å². The van der Waals surface area contributed by atoms with Crippen molar-refractivity contribution in [1.82, 2.24) is 15.5 Å². The van der Waals surface area contributed by atoms with Gasteiger partial charge >= 0.3 is 0 Å². The monoisotopic (exact) mass is 762 g/mol. The normalized spacial score (nSPS) is 24.3. The average molecular weight is 763 g/mol. The molecule has 1 atom stereocenters. The number of benzene rings is 3. The molecule has 4 heterocycles. The Morgan fingerprint density at radius 1 is 0.873 bits per heavy atom. The predicted octanol–water partition coefficient (Wildman–Crippen LogP) is 5.19. The van der Waals surface area contributed by atoms with Crippen molar-refractivity contribution in [3.63, 3.8) is 0 Å². The molecule has 3 saturated heterocycles. The SMILES string of the molecule is CC1(C)C(NC(=O)c2ccc(N3CC(CC4CN(c5ccc6c(c5)C(=O)N(C5CCC(=O)NC5=O)C6=O)C4)C3)cc2)C(C)(C)C1Oc1ccc(C#N)c(Cl)c1. The number of nitrogens with zero attached hydrogens (tertiary/aromatic N) is 4. The Hall–Kier alpha value is -5.41. The molecule has 3 aromatic rings. The first-order valence-electron chi connectivity index (χ1n) is 18.8. The summed E-state index contributed by atoms with van der Waals surface area (Å²) in [6.07, 6.45) is 1.13. The summed E-state index contributed by atoms with van der Waals surface area (Å²) in [4.78, 5) is 69.2. The number of hydrogen-bond donors (Lipinski definition) is 2. The first-order valence-corrected chi connectivity index (χ1v) is 19.2. The van der Waals surface area contributed by atoms with Crippen molar-refractivity contribution >= 4 is 52.5 Å². The van der Waals surface area contributed by atoms with Gasteiger partial charge in [-0.15, -0.1) is 0 Å². The van der Waals surface area contributed by atoms with Gasteiger partial charge in [-0.3, -0.25) is 34.2 Å². The van der Waals surface area contributed by atoms with Crippen molar-refractivity contribution in [2.75, 3.05) is 36.0 Å². The highest BCUT2D eigenvalue weighted by atomic mass is 35.5. The first-order chi connectivity index (χ1) is 26.1. The lowest BCUT2D eigenvalue weighted by Gasteiger charge is -2.63. The van der Waals surface area contributed by atoms with E-state index in [0.717, 1.165) is 48.9 Å². The van der Waals surface area contributed by atoms with Crippen LogP contribution in [0.5, 0.6) is 5.75 Å². The van der Waals surface area contributed by atoms with Crippen LogP contribution in [0.4, 0.5) is 11.4 Å². The molecule has 284 valence electrons. The quantitative estimate of drug-likeness (QED) is 0.281. The van der Waals surface area contributed by atoms with Crippen LogP contribution in [0.1, 0.15) is 83.6 Å². The number of carbonyl (C=O) groups is 5. The highest BCUT2D eigenvalue weighted by molar-refractivity contribution is 6.31. The second kappa shape index (κ2) is 13.4. The van der Waals surface area contributed by atoms with E-state index in [2.05, 4.69) is 54.2 Å². The molecule has 1 unspecified atom stereocenters. The van der Waals surface area contributed by atoms with Crippen LogP contribution in [0, 0.1) is 34.0 Å². The number of amides is 5. The van der Waals surface area contributed by atoms with Crippen LogP contribution in [0.2, 0.25) is 5.02 Å². The third-order valence-corrected chi connectivity index (χ3v) is 12.6. The Balaban J connectivity index is 0.798. The van der Waals surface area contributed by atoms with Gasteiger partial charge in [0.2, 0.25) is 11.8 Å². The molecule has 55 heavy (non-hydrogen) atoms. The number of piperidine rings is 1. The molecule has 12 nitrogen and oxygen atoms in total. The summed E-state index contributed by atoms with van der Waals surface area (Å²) < 4.78 is 6.36. The van der Waals surface area contributed by atoms with Crippen LogP contribution in [-0.4, -0.2) is 78.8 Å². The van der Waals surface area contributed by atoms with Crippen molar-refractivity contribution in [1.29, 1.82) is 5.26 Å². The Bertz CT molecular complexity index is 2150. The minimum atomic E-state index is -0.974. The molecule has 4 fully saturated rings. The number of rotatable bonds is 9.